The second-order valence-corrected chi connectivity index (χ2v) is 11.6. The number of ether oxygens (including phenoxy) is 2. The van der Waals surface area contributed by atoms with Crippen LogP contribution >= 0.6 is 0 Å². The molecule has 2 aliphatic heterocycles. The van der Waals surface area contributed by atoms with Gasteiger partial charge in [0.2, 0.25) is 0 Å². The third-order valence-corrected chi connectivity index (χ3v) is 8.58. The lowest BCUT2D eigenvalue weighted by atomic mass is 9.99. The van der Waals surface area contributed by atoms with Gasteiger partial charge >= 0.3 is 0 Å². The molecule has 2 atom stereocenters. The SMILES string of the molecule is CC1(C)O[C@@H]2c3ccccc3[Si](C)(C)c3ccccc3[C@H]2O1. The van der Waals surface area contributed by atoms with Crippen LogP contribution in [0.2, 0.25) is 13.1 Å². The van der Waals surface area contributed by atoms with E-state index in [1.165, 1.54) is 21.5 Å². The first-order valence-electron chi connectivity index (χ1n) is 7.95. The highest BCUT2D eigenvalue weighted by Gasteiger charge is 2.49. The van der Waals surface area contributed by atoms with E-state index in [1.54, 1.807) is 0 Å². The van der Waals surface area contributed by atoms with E-state index in [9.17, 15) is 0 Å². The molecule has 0 spiro atoms. The minimum absolute atomic E-state index is 0.0124. The van der Waals surface area contributed by atoms with Crippen molar-refractivity contribution < 1.29 is 9.47 Å². The average molecular weight is 310 g/mol. The number of fused-ring (bicyclic) bond motifs is 5. The molecular weight excluding hydrogens is 288 g/mol. The van der Waals surface area contributed by atoms with Crippen molar-refractivity contribution in [3.63, 3.8) is 0 Å². The van der Waals surface area contributed by atoms with Gasteiger partial charge in [-0.25, -0.2) is 0 Å². The molecule has 0 aromatic heterocycles. The lowest BCUT2D eigenvalue weighted by molar-refractivity contribution is -0.147. The molecule has 2 aromatic rings. The smallest absolute Gasteiger partial charge is 0.164 e. The lowest BCUT2D eigenvalue weighted by Gasteiger charge is -2.27. The molecule has 22 heavy (non-hydrogen) atoms. The normalized spacial score (nSPS) is 27.5. The van der Waals surface area contributed by atoms with E-state index in [0.717, 1.165) is 0 Å². The molecule has 4 rings (SSSR count). The van der Waals surface area contributed by atoms with E-state index in [0.29, 0.717) is 0 Å². The summed E-state index contributed by atoms with van der Waals surface area (Å²) in [6.07, 6.45) is -0.0248. The van der Waals surface area contributed by atoms with Gasteiger partial charge in [-0.05, 0) is 35.3 Å². The molecule has 3 heteroatoms. The predicted octanol–water partition coefficient (Wildman–Crippen LogP) is 3.39. The summed E-state index contributed by atoms with van der Waals surface area (Å²) in [6, 6.07) is 17.5. The molecule has 1 saturated heterocycles. The third kappa shape index (κ3) is 1.93. The Morgan fingerprint density at radius 1 is 0.773 bits per heavy atom. The highest BCUT2D eigenvalue weighted by atomic mass is 28.3. The number of hydrogen-bond acceptors (Lipinski definition) is 2. The monoisotopic (exact) mass is 310 g/mol. The molecular formula is C19H22O2Si. The van der Waals surface area contributed by atoms with Gasteiger partial charge in [0.1, 0.15) is 20.3 Å². The van der Waals surface area contributed by atoms with Crippen LogP contribution in [0.1, 0.15) is 37.2 Å². The third-order valence-electron chi connectivity index (χ3n) is 4.98. The molecule has 2 nitrogen and oxygen atoms in total. The molecule has 0 aliphatic carbocycles. The number of rotatable bonds is 0. The molecule has 0 unspecified atom stereocenters. The highest BCUT2D eigenvalue weighted by molar-refractivity contribution is 7.01. The molecule has 2 aromatic carbocycles. The standard InChI is InChI=1S/C19H22O2Si/c1-19(2)20-17-13-9-5-7-11-15(13)22(3,4)16-12-8-6-10-14(16)18(17)21-19/h5-12,17-18H,1-4H3/t17-,18-/m1/s1. The largest absolute Gasteiger partial charge is 0.339 e. The quantitative estimate of drug-likeness (QED) is 0.695. The van der Waals surface area contributed by atoms with Gasteiger partial charge in [-0.3, -0.25) is 0 Å². The van der Waals surface area contributed by atoms with Gasteiger partial charge in [0, 0.05) is 0 Å². The Bertz CT molecular complexity index is 676. The van der Waals surface area contributed by atoms with Crippen LogP contribution < -0.4 is 10.4 Å². The Kier molecular flexibility index (Phi) is 2.93. The Morgan fingerprint density at radius 2 is 1.18 bits per heavy atom. The lowest BCUT2D eigenvalue weighted by Crippen LogP contribution is -2.54. The van der Waals surface area contributed by atoms with Crippen molar-refractivity contribution in [2.45, 2.75) is 44.9 Å². The van der Waals surface area contributed by atoms with Crippen LogP contribution in [0.25, 0.3) is 0 Å². The van der Waals surface area contributed by atoms with Crippen molar-refractivity contribution in [2.75, 3.05) is 0 Å². The van der Waals surface area contributed by atoms with Crippen molar-refractivity contribution in [1.29, 1.82) is 0 Å². The van der Waals surface area contributed by atoms with Crippen LogP contribution in [0.4, 0.5) is 0 Å². The van der Waals surface area contributed by atoms with Crippen LogP contribution in [-0.2, 0) is 9.47 Å². The summed E-state index contributed by atoms with van der Waals surface area (Å²) in [6.45, 7) is 8.87. The van der Waals surface area contributed by atoms with Crippen molar-refractivity contribution in [3.8, 4) is 0 Å². The Hall–Kier alpha value is -1.42. The highest BCUT2D eigenvalue weighted by Crippen LogP contribution is 2.47. The maximum absolute atomic E-state index is 6.31. The molecule has 0 saturated carbocycles. The Morgan fingerprint density at radius 3 is 1.64 bits per heavy atom. The molecule has 2 heterocycles. The van der Waals surface area contributed by atoms with Crippen LogP contribution in [0, 0.1) is 0 Å². The zero-order chi connectivity index (χ0) is 15.5. The second-order valence-electron chi connectivity index (χ2n) is 7.28. The van der Waals surface area contributed by atoms with Crippen molar-refractivity contribution in [1.82, 2.24) is 0 Å². The summed E-state index contributed by atoms with van der Waals surface area (Å²) in [4.78, 5) is 0. The molecule has 2 aliphatic rings. The van der Waals surface area contributed by atoms with Crippen LogP contribution in [-0.4, -0.2) is 13.9 Å². The van der Waals surface area contributed by atoms with Gasteiger partial charge in [0.25, 0.3) is 0 Å². The molecule has 0 radical (unpaired) electrons. The van der Waals surface area contributed by atoms with E-state index < -0.39 is 13.9 Å². The fourth-order valence-corrected chi connectivity index (χ4v) is 7.20. The first kappa shape index (κ1) is 14.2. The summed E-state index contributed by atoms with van der Waals surface area (Å²) in [5.41, 5.74) is 2.62. The van der Waals surface area contributed by atoms with E-state index in [1.807, 2.05) is 13.8 Å². The summed E-state index contributed by atoms with van der Waals surface area (Å²) in [7, 11) is -1.75. The summed E-state index contributed by atoms with van der Waals surface area (Å²) >= 11 is 0. The molecule has 0 amide bonds. The fourth-order valence-electron chi connectivity index (χ4n) is 3.99. The van der Waals surface area contributed by atoms with E-state index in [2.05, 4.69) is 61.6 Å². The van der Waals surface area contributed by atoms with Gasteiger partial charge in [0.15, 0.2) is 5.79 Å². The molecule has 0 N–H and O–H groups in total. The Labute approximate surface area is 133 Å². The maximum Gasteiger partial charge on any atom is 0.164 e. The topological polar surface area (TPSA) is 18.5 Å². The molecule has 1 fully saturated rings. The van der Waals surface area contributed by atoms with Gasteiger partial charge in [-0.1, -0.05) is 61.6 Å². The van der Waals surface area contributed by atoms with Crippen molar-refractivity contribution in [2.24, 2.45) is 0 Å². The van der Waals surface area contributed by atoms with Gasteiger partial charge < -0.3 is 9.47 Å². The maximum atomic E-state index is 6.31. The summed E-state index contributed by atoms with van der Waals surface area (Å²) < 4.78 is 12.6. The fraction of sp³-hybridized carbons (Fsp3) is 0.368. The van der Waals surface area contributed by atoms with Gasteiger partial charge in [-0.15, -0.1) is 0 Å². The first-order chi connectivity index (χ1) is 10.4. The number of hydrogen-bond donors (Lipinski definition) is 0. The van der Waals surface area contributed by atoms with Crippen molar-refractivity contribution >= 4 is 18.4 Å². The van der Waals surface area contributed by atoms with Gasteiger partial charge in [0.05, 0.1) is 0 Å². The summed E-state index contributed by atoms with van der Waals surface area (Å²) in [5.74, 6) is -0.543. The zero-order valence-electron chi connectivity index (χ0n) is 13.6. The minimum atomic E-state index is -1.75. The average Bonchev–Trinajstić information content (AvgIpc) is 2.80. The first-order valence-corrected chi connectivity index (χ1v) is 10.9. The van der Waals surface area contributed by atoms with Crippen LogP contribution in [0.15, 0.2) is 48.5 Å². The van der Waals surface area contributed by atoms with Crippen LogP contribution in [0.3, 0.4) is 0 Å². The van der Waals surface area contributed by atoms with E-state index >= 15 is 0 Å². The zero-order valence-corrected chi connectivity index (χ0v) is 14.6. The van der Waals surface area contributed by atoms with Crippen LogP contribution in [0.5, 0.6) is 0 Å². The number of benzene rings is 2. The second kappa shape index (κ2) is 4.54. The van der Waals surface area contributed by atoms with Crippen molar-refractivity contribution in [3.05, 3.63) is 59.7 Å². The molecule has 114 valence electrons. The van der Waals surface area contributed by atoms with Gasteiger partial charge in [-0.2, -0.15) is 0 Å². The predicted molar refractivity (Wildman–Crippen MR) is 91.4 cm³/mol. The summed E-state index contributed by atoms with van der Waals surface area (Å²) in [5, 5.41) is 2.94. The van der Waals surface area contributed by atoms with E-state index in [4.69, 9.17) is 9.47 Å². The minimum Gasteiger partial charge on any atom is -0.339 e. The Balaban J connectivity index is 2.03. The molecule has 0 bridgehead atoms. The van der Waals surface area contributed by atoms with E-state index in [-0.39, 0.29) is 12.2 Å².